The Labute approximate surface area is 86.9 Å². The highest BCUT2D eigenvalue weighted by Crippen LogP contribution is 2.25. The van der Waals surface area contributed by atoms with E-state index in [1.807, 2.05) is 6.07 Å². The molecule has 0 aliphatic rings. The van der Waals surface area contributed by atoms with Gasteiger partial charge in [0.1, 0.15) is 24.0 Å². The molecular formula is C10H8ClNO2. The summed E-state index contributed by atoms with van der Waals surface area (Å²) in [5.74, 6) is 0.240. The Morgan fingerprint density at radius 3 is 2.93 bits per heavy atom. The maximum atomic E-state index is 10.7. The predicted molar refractivity (Wildman–Crippen MR) is 52.3 cm³/mol. The fourth-order valence-electron chi connectivity index (χ4n) is 0.913. The van der Waals surface area contributed by atoms with E-state index in [4.69, 9.17) is 21.6 Å². The number of nitriles is 1. The summed E-state index contributed by atoms with van der Waals surface area (Å²) in [5, 5.41) is 9.09. The lowest BCUT2D eigenvalue weighted by molar-refractivity contribution is -0.118. The first kappa shape index (κ1) is 10.6. The second-order valence-electron chi connectivity index (χ2n) is 2.72. The van der Waals surface area contributed by atoms with Crippen LogP contribution in [0.1, 0.15) is 12.5 Å². The first-order valence-corrected chi connectivity index (χ1v) is 4.34. The number of hydrogen-bond donors (Lipinski definition) is 0. The van der Waals surface area contributed by atoms with Crippen LogP contribution in [-0.4, -0.2) is 12.4 Å². The number of rotatable bonds is 3. The number of ketones is 1. The zero-order valence-corrected chi connectivity index (χ0v) is 8.34. The van der Waals surface area contributed by atoms with E-state index in [0.29, 0.717) is 10.8 Å². The van der Waals surface area contributed by atoms with Gasteiger partial charge >= 0.3 is 0 Å². The molecule has 0 fully saturated rings. The van der Waals surface area contributed by atoms with Crippen LogP contribution >= 0.6 is 11.6 Å². The lowest BCUT2D eigenvalue weighted by Gasteiger charge is -2.06. The van der Waals surface area contributed by atoms with Crippen LogP contribution in [-0.2, 0) is 4.79 Å². The molecule has 0 N–H and O–H groups in total. The van der Waals surface area contributed by atoms with E-state index >= 15 is 0 Å². The van der Waals surface area contributed by atoms with Gasteiger partial charge in [0.25, 0.3) is 0 Å². The van der Waals surface area contributed by atoms with Crippen molar-refractivity contribution in [2.45, 2.75) is 6.92 Å². The van der Waals surface area contributed by atoms with Gasteiger partial charge in [0.15, 0.2) is 5.78 Å². The molecule has 0 radical (unpaired) electrons. The van der Waals surface area contributed by atoms with Gasteiger partial charge in [0.2, 0.25) is 0 Å². The van der Waals surface area contributed by atoms with Crippen LogP contribution in [0.15, 0.2) is 18.2 Å². The highest BCUT2D eigenvalue weighted by atomic mass is 35.5. The quantitative estimate of drug-likeness (QED) is 0.767. The van der Waals surface area contributed by atoms with E-state index in [-0.39, 0.29) is 18.0 Å². The minimum absolute atomic E-state index is 0.0466. The Morgan fingerprint density at radius 1 is 1.64 bits per heavy atom. The zero-order valence-electron chi connectivity index (χ0n) is 7.58. The number of carbonyl (C=O) groups excluding carboxylic acids is 1. The molecule has 1 rings (SSSR count). The zero-order chi connectivity index (χ0) is 10.6. The molecule has 0 aliphatic heterocycles. The first-order valence-electron chi connectivity index (χ1n) is 3.96. The van der Waals surface area contributed by atoms with Gasteiger partial charge in [-0.25, -0.2) is 0 Å². The van der Waals surface area contributed by atoms with Crippen LogP contribution in [0.4, 0.5) is 0 Å². The summed E-state index contributed by atoms with van der Waals surface area (Å²) in [6, 6.07) is 6.79. The maximum Gasteiger partial charge on any atom is 0.167 e. The second-order valence-corrected chi connectivity index (χ2v) is 3.12. The number of carbonyl (C=O) groups is 1. The van der Waals surface area contributed by atoms with Gasteiger partial charge in [-0.05, 0) is 19.1 Å². The van der Waals surface area contributed by atoms with Crippen molar-refractivity contribution in [3.63, 3.8) is 0 Å². The van der Waals surface area contributed by atoms with Gasteiger partial charge in [-0.3, -0.25) is 4.79 Å². The smallest absolute Gasteiger partial charge is 0.167 e. The number of Topliss-reactive ketones (excluding diaryl/α,β-unsaturated/α-hetero) is 1. The summed E-state index contributed by atoms with van der Waals surface area (Å²) in [5.41, 5.74) is 0.260. The third-order valence-electron chi connectivity index (χ3n) is 1.52. The molecule has 0 spiro atoms. The molecule has 0 atom stereocenters. The van der Waals surface area contributed by atoms with Crippen molar-refractivity contribution in [3.05, 3.63) is 28.8 Å². The summed E-state index contributed by atoms with van der Waals surface area (Å²) in [4.78, 5) is 10.7. The van der Waals surface area contributed by atoms with Crippen LogP contribution in [0.25, 0.3) is 0 Å². The topological polar surface area (TPSA) is 50.1 Å². The van der Waals surface area contributed by atoms with Crippen molar-refractivity contribution in [1.82, 2.24) is 0 Å². The average molecular weight is 210 g/mol. The molecule has 0 heterocycles. The summed E-state index contributed by atoms with van der Waals surface area (Å²) in [6.45, 7) is 1.37. The highest BCUT2D eigenvalue weighted by molar-refractivity contribution is 6.31. The molecule has 72 valence electrons. The molecule has 0 amide bonds. The minimum atomic E-state index is -0.103. The van der Waals surface area contributed by atoms with Gasteiger partial charge in [-0.15, -0.1) is 0 Å². The van der Waals surface area contributed by atoms with Crippen LogP contribution in [0.5, 0.6) is 5.75 Å². The van der Waals surface area contributed by atoms with E-state index in [1.54, 1.807) is 18.2 Å². The van der Waals surface area contributed by atoms with E-state index < -0.39 is 0 Å². The number of hydrogen-bond acceptors (Lipinski definition) is 3. The van der Waals surface area contributed by atoms with Crippen LogP contribution in [0, 0.1) is 11.3 Å². The van der Waals surface area contributed by atoms with Crippen LogP contribution < -0.4 is 4.74 Å². The van der Waals surface area contributed by atoms with E-state index in [1.165, 1.54) is 6.92 Å². The predicted octanol–water partition coefficient (Wildman–Crippen LogP) is 2.18. The third kappa shape index (κ3) is 2.48. The van der Waals surface area contributed by atoms with E-state index in [0.717, 1.165) is 0 Å². The molecule has 4 heteroatoms. The van der Waals surface area contributed by atoms with Gasteiger partial charge in [-0.1, -0.05) is 17.7 Å². The molecule has 0 aromatic heterocycles. The molecule has 0 aliphatic carbocycles. The molecule has 3 nitrogen and oxygen atoms in total. The monoisotopic (exact) mass is 209 g/mol. The first-order chi connectivity index (χ1) is 6.65. The van der Waals surface area contributed by atoms with Crippen molar-refractivity contribution >= 4 is 17.4 Å². The molecule has 1 aromatic rings. The van der Waals surface area contributed by atoms with E-state index in [9.17, 15) is 4.79 Å². The molecular weight excluding hydrogens is 202 g/mol. The molecule has 0 saturated carbocycles. The summed E-state index contributed by atoms with van der Waals surface area (Å²) < 4.78 is 5.11. The third-order valence-corrected chi connectivity index (χ3v) is 1.83. The fourth-order valence-corrected chi connectivity index (χ4v) is 1.12. The largest absolute Gasteiger partial charge is 0.484 e. The summed E-state index contributed by atoms with van der Waals surface area (Å²) in [7, 11) is 0. The highest BCUT2D eigenvalue weighted by Gasteiger charge is 2.07. The number of benzene rings is 1. The molecule has 14 heavy (non-hydrogen) atoms. The fraction of sp³-hybridized carbons (Fsp3) is 0.200. The maximum absolute atomic E-state index is 10.7. The molecule has 1 aromatic carbocycles. The van der Waals surface area contributed by atoms with E-state index in [2.05, 4.69) is 0 Å². The Bertz CT molecular complexity index is 396. The lowest BCUT2D eigenvalue weighted by Crippen LogP contribution is -2.07. The molecule has 0 saturated heterocycles. The number of nitrogens with zero attached hydrogens (tertiary/aromatic N) is 1. The number of ether oxygens (including phenoxy) is 1. The van der Waals surface area contributed by atoms with Crippen molar-refractivity contribution in [1.29, 1.82) is 5.26 Å². The molecule has 0 unspecified atom stereocenters. The van der Waals surface area contributed by atoms with Crippen LogP contribution in [0.2, 0.25) is 5.02 Å². The van der Waals surface area contributed by atoms with Gasteiger partial charge in [-0.2, -0.15) is 5.26 Å². The van der Waals surface area contributed by atoms with Gasteiger partial charge in [0.05, 0.1) is 5.02 Å². The minimum Gasteiger partial charge on any atom is -0.484 e. The van der Waals surface area contributed by atoms with Crippen molar-refractivity contribution in [2.75, 3.05) is 6.61 Å². The standard InChI is InChI=1S/C10H8ClNO2/c1-7(13)6-14-10-4-2-3-9(11)8(10)5-12/h2-4H,6H2,1H3. The van der Waals surface area contributed by atoms with Crippen molar-refractivity contribution in [3.8, 4) is 11.8 Å². The Hall–Kier alpha value is -1.53. The van der Waals surface area contributed by atoms with Crippen molar-refractivity contribution in [2.24, 2.45) is 0 Å². The average Bonchev–Trinajstić information content (AvgIpc) is 2.14. The SMILES string of the molecule is CC(=O)COc1cccc(Cl)c1C#N. The van der Waals surface area contributed by atoms with Crippen molar-refractivity contribution < 1.29 is 9.53 Å². The van der Waals surface area contributed by atoms with Gasteiger partial charge < -0.3 is 4.74 Å². The van der Waals surface area contributed by atoms with Crippen LogP contribution in [0.3, 0.4) is 0 Å². The Morgan fingerprint density at radius 2 is 2.36 bits per heavy atom. The Balaban J connectivity index is 2.92. The second kappa shape index (κ2) is 4.64. The summed E-state index contributed by atoms with van der Waals surface area (Å²) in [6.07, 6.45) is 0. The lowest BCUT2D eigenvalue weighted by atomic mass is 10.2. The van der Waals surface area contributed by atoms with Gasteiger partial charge in [0, 0.05) is 0 Å². The summed E-state index contributed by atoms with van der Waals surface area (Å²) >= 11 is 5.76. The number of halogens is 1. The normalized spacial score (nSPS) is 9.21. The molecule has 0 bridgehead atoms. The Kier molecular flexibility index (Phi) is 3.49.